The molecule has 3 N–H and O–H groups in total. The van der Waals surface area contributed by atoms with Crippen LogP contribution in [0.2, 0.25) is 0 Å². The number of aliphatic imine (C=N–C) groups is 1. The Balaban J connectivity index is 2.50. The molecule has 1 aromatic heterocycles. The summed E-state index contributed by atoms with van der Waals surface area (Å²) in [7, 11) is 1.73. The highest BCUT2D eigenvalue weighted by Crippen LogP contribution is 2.17. The lowest BCUT2D eigenvalue weighted by atomic mass is 10.1. The highest BCUT2D eigenvalue weighted by atomic mass is 32.1. The molecule has 1 aromatic rings. The van der Waals surface area contributed by atoms with Gasteiger partial charge in [0.25, 0.3) is 0 Å². The summed E-state index contributed by atoms with van der Waals surface area (Å²) in [5.74, 6) is 1.12. The van der Waals surface area contributed by atoms with Gasteiger partial charge in [0, 0.05) is 25.0 Å². The van der Waals surface area contributed by atoms with Gasteiger partial charge in [0.15, 0.2) is 5.96 Å². The average Bonchev–Trinajstić information content (AvgIpc) is 3.02. The van der Waals surface area contributed by atoms with Gasteiger partial charge in [0.05, 0.1) is 12.2 Å². The molecule has 0 aliphatic heterocycles. The molecule has 1 rings (SSSR count). The third-order valence-corrected chi connectivity index (χ3v) is 4.53. The molecule has 0 aliphatic rings. The number of ether oxygens (including phenoxy) is 1. The van der Waals surface area contributed by atoms with Crippen LogP contribution in [0.5, 0.6) is 0 Å². The summed E-state index contributed by atoms with van der Waals surface area (Å²) >= 11 is 1.65. The summed E-state index contributed by atoms with van der Waals surface area (Å²) in [4.78, 5) is 20.9. The van der Waals surface area contributed by atoms with Crippen LogP contribution in [0, 0.1) is 0 Å². The van der Waals surface area contributed by atoms with Crippen LogP contribution in [0.25, 0.3) is 0 Å². The van der Waals surface area contributed by atoms with Gasteiger partial charge in [-0.25, -0.2) is 9.78 Å². The van der Waals surface area contributed by atoms with E-state index >= 15 is 0 Å². The standard InChI is InChI=1S/C19H35N5O2S/c1-8-9-14(23-18(25)26-19(4,5)6)10-21-17(20-7)22-11-16-24-15(12-27-16)13(2)3/h12-14H,8-11H2,1-7H3,(H,23,25)(H2,20,21,22). The number of carbonyl (C=O) groups is 1. The van der Waals surface area contributed by atoms with Crippen molar-refractivity contribution in [1.82, 2.24) is 20.9 Å². The zero-order valence-corrected chi connectivity index (χ0v) is 18.5. The number of thiazole rings is 1. The second-order valence-electron chi connectivity index (χ2n) is 7.76. The quantitative estimate of drug-likeness (QED) is 0.461. The molecule has 1 unspecified atom stereocenters. The Hall–Kier alpha value is -1.83. The van der Waals surface area contributed by atoms with Gasteiger partial charge in [-0.05, 0) is 33.1 Å². The van der Waals surface area contributed by atoms with Gasteiger partial charge in [-0.15, -0.1) is 11.3 Å². The zero-order valence-electron chi connectivity index (χ0n) is 17.7. The molecule has 0 fully saturated rings. The first-order valence-electron chi connectivity index (χ1n) is 9.53. The number of alkyl carbamates (subject to hydrolysis) is 1. The van der Waals surface area contributed by atoms with E-state index in [1.165, 1.54) is 0 Å². The second-order valence-corrected chi connectivity index (χ2v) is 8.70. The Morgan fingerprint density at radius 3 is 2.56 bits per heavy atom. The maximum absolute atomic E-state index is 12.0. The van der Waals surface area contributed by atoms with Crippen molar-refractivity contribution < 1.29 is 9.53 Å². The third-order valence-electron chi connectivity index (χ3n) is 3.67. The smallest absolute Gasteiger partial charge is 0.407 e. The predicted molar refractivity (Wildman–Crippen MR) is 112 cm³/mol. The number of carbonyl (C=O) groups excluding carboxylic acids is 1. The van der Waals surface area contributed by atoms with E-state index in [2.05, 4.69) is 52.1 Å². The van der Waals surface area contributed by atoms with Gasteiger partial charge in [0.1, 0.15) is 10.6 Å². The molecule has 154 valence electrons. The molecular weight excluding hydrogens is 362 g/mol. The van der Waals surface area contributed by atoms with Gasteiger partial charge >= 0.3 is 6.09 Å². The van der Waals surface area contributed by atoms with Crippen molar-refractivity contribution in [3.63, 3.8) is 0 Å². The number of rotatable bonds is 8. The second kappa shape index (κ2) is 11.1. The van der Waals surface area contributed by atoms with Gasteiger partial charge < -0.3 is 20.7 Å². The first kappa shape index (κ1) is 23.2. The van der Waals surface area contributed by atoms with E-state index in [9.17, 15) is 4.79 Å². The minimum atomic E-state index is -0.506. The predicted octanol–water partition coefficient (Wildman–Crippen LogP) is 3.62. The number of hydrogen-bond donors (Lipinski definition) is 3. The SMILES string of the molecule is CCCC(CNC(=NC)NCc1nc(C(C)C)cs1)NC(=O)OC(C)(C)C. The van der Waals surface area contributed by atoms with Crippen LogP contribution in [0.1, 0.15) is 71.0 Å². The Kier molecular flexibility index (Phi) is 9.55. The van der Waals surface area contributed by atoms with Crippen LogP contribution >= 0.6 is 11.3 Å². The third kappa shape index (κ3) is 9.60. The summed E-state index contributed by atoms with van der Waals surface area (Å²) < 4.78 is 5.34. The van der Waals surface area contributed by atoms with E-state index in [0.29, 0.717) is 25.0 Å². The number of amides is 1. The highest BCUT2D eigenvalue weighted by molar-refractivity contribution is 7.09. The summed E-state index contributed by atoms with van der Waals surface area (Å²) in [6.07, 6.45) is 1.42. The fraction of sp³-hybridized carbons (Fsp3) is 0.737. The minimum Gasteiger partial charge on any atom is -0.444 e. The number of nitrogens with zero attached hydrogens (tertiary/aromatic N) is 2. The summed E-state index contributed by atoms with van der Waals surface area (Å²) in [6.45, 7) is 13.1. The van der Waals surface area contributed by atoms with Crippen LogP contribution in [-0.2, 0) is 11.3 Å². The molecular formula is C19H35N5O2S. The first-order valence-corrected chi connectivity index (χ1v) is 10.4. The highest BCUT2D eigenvalue weighted by Gasteiger charge is 2.19. The molecule has 0 aromatic carbocycles. The molecule has 0 aliphatic carbocycles. The fourth-order valence-corrected chi connectivity index (χ4v) is 3.21. The van der Waals surface area contributed by atoms with Crippen LogP contribution in [0.15, 0.2) is 10.4 Å². The van der Waals surface area contributed by atoms with Crippen LogP contribution in [-0.4, -0.2) is 42.3 Å². The lowest BCUT2D eigenvalue weighted by Gasteiger charge is -2.24. The Morgan fingerprint density at radius 1 is 1.33 bits per heavy atom. The largest absolute Gasteiger partial charge is 0.444 e. The van der Waals surface area contributed by atoms with Gasteiger partial charge in [-0.3, -0.25) is 4.99 Å². The zero-order chi connectivity index (χ0) is 20.4. The van der Waals surface area contributed by atoms with E-state index in [1.807, 2.05) is 20.8 Å². The maximum Gasteiger partial charge on any atom is 0.407 e. The van der Waals surface area contributed by atoms with E-state index in [0.717, 1.165) is 23.5 Å². The molecule has 1 amide bonds. The van der Waals surface area contributed by atoms with Crippen molar-refractivity contribution in [1.29, 1.82) is 0 Å². The van der Waals surface area contributed by atoms with Crippen molar-refractivity contribution >= 4 is 23.4 Å². The lowest BCUT2D eigenvalue weighted by Crippen LogP contribution is -2.48. The molecule has 0 saturated carbocycles. The summed E-state index contributed by atoms with van der Waals surface area (Å²) in [5.41, 5.74) is 0.610. The van der Waals surface area contributed by atoms with Gasteiger partial charge in [-0.1, -0.05) is 27.2 Å². The van der Waals surface area contributed by atoms with Crippen LogP contribution in [0.3, 0.4) is 0 Å². The molecule has 0 spiro atoms. The van der Waals surface area contributed by atoms with Crippen molar-refractivity contribution in [3.05, 3.63) is 16.1 Å². The van der Waals surface area contributed by atoms with Crippen LogP contribution < -0.4 is 16.0 Å². The molecule has 27 heavy (non-hydrogen) atoms. The van der Waals surface area contributed by atoms with E-state index in [4.69, 9.17) is 4.74 Å². The number of aromatic nitrogens is 1. The Bertz CT molecular complexity index is 607. The average molecular weight is 398 g/mol. The van der Waals surface area contributed by atoms with Crippen LogP contribution in [0.4, 0.5) is 4.79 Å². The van der Waals surface area contributed by atoms with Crippen molar-refractivity contribution in [2.75, 3.05) is 13.6 Å². The Labute approximate surface area is 167 Å². The van der Waals surface area contributed by atoms with Crippen molar-refractivity contribution in [3.8, 4) is 0 Å². The Morgan fingerprint density at radius 2 is 2.04 bits per heavy atom. The van der Waals surface area contributed by atoms with Crippen molar-refractivity contribution in [2.24, 2.45) is 4.99 Å². The number of guanidine groups is 1. The molecule has 0 saturated heterocycles. The summed E-state index contributed by atoms with van der Waals surface area (Å²) in [5, 5.41) is 12.6. The molecule has 0 radical (unpaired) electrons. The molecule has 1 atom stereocenters. The maximum atomic E-state index is 12.0. The topological polar surface area (TPSA) is 87.6 Å². The minimum absolute atomic E-state index is 0.0317. The molecule has 0 bridgehead atoms. The number of hydrogen-bond acceptors (Lipinski definition) is 5. The number of nitrogens with one attached hydrogen (secondary N) is 3. The first-order chi connectivity index (χ1) is 12.6. The normalized spacial score (nSPS) is 13.4. The van der Waals surface area contributed by atoms with Crippen molar-refractivity contribution in [2.45, 2.75) is 78.5 Å². The molecule has 7 nitrogen and oxygen atoms in total. The van der Waals surface area contributed by atoms with E-state index in [1.54, 1.807) is 18.4 Å². The monoisotopic (exact) mass is 397 g/mol. The lowest BCUT2D eigenvalue weighted by molar-refractivity contribution is 0.0502. The molecule has 8 heteroatoms. The van der Waals surface area contributed by atoms with E-state index < -0.39 is 11.7 Å². The van der Waals surface area contributed by atoms with Gasteiger partial charge in [0.2, 0.25) is 0 Å². The molecule has 1 heterocycles. The fourth-order valence-electron chi connectivity index (χ4n) is 2.32. The van der Waals surface area contributed by atoms with E-state index in [-0.39, 0.29) is 6.04 Å². The summed E-state index contributed by atoms with van der Waals surface area (Å²) in [6, 6.07) is -0.0317. The van der Waals surface area contributed by atoms with Gasteiger partial charge in [-0.2, -0.15) is 0 Å².